The van der Waals surface area contributed by atoms with Gasteiger partial charge in [-0.1, -0.05) is 20.3 Å². The van der Waals surface area contributed by atoms with Crippen LogP contribution in [0.1, 0.15) is 46.0 Å². The number of hydrogen-bond donors (Lipinski definition) is 5. The van der Waals surface area contributed by atoms with Crippen LogP contribution in [0.25, 0.3) is 0 Å². The second kappa shape index (κ2) is 10.7. The molecule has 0 aromatic carbocycles. The summed E-state index contributed by atoms with van der Waals surface area (Å²) in [5.74, 6) is -1.99. The second-order valence-electron chi connectivity index (χ2n) is 6.95. The zero-order valence-corrected chi connectivity index (χ0v) is 16.1. The monoisotopic (exact) mass is 384 g/mol. The molecule has 10 nitrogen and oxygen atoms in total. The first-order valence-electron chi connectivity index (χ1n) is 9.33. The van der Waals surface area contributed by atoms with Gasteiger partial charge in [-0.25, -0.2) is 4.79 Å². The van der Waals surface area contributed by atoms with Crippen LogP contribution in [0.5, 0.6) is 0 Å². The predicted molar refractivity (Wildman–Crippen MR) is 102 cm³/mol. The Labute approximate surface area is 159 Å². The van der Waals surface area contributed by atoms with E-state index < -0.39 is 30.0 Å². The number of carboxylic acids is 1. The summed E-state index contributed by atoms with van der Waals surface area (Å²) < 4.78 is 0. The van der Waals surface area contributed by atoms with Gasteiger partial charge in [-0.3, -0.25) is 14.6 Å². The Morgan fingerprint density at radius 2 is 2.00 bits per heavy atom. The lowest BCUT2D eigenvalue weighted by atomic mass is 9.96. The van der Waals surface area contributed by atoms with E-state index in [0.29, 0.717) is 45.2 Å². The molecule has 10 heteroatoms. The Hall–Kier alpha value is -2.36. The highest BCUT2D eigenvalue weighted by atomic mass is 16.4. The van der Waals surface area contributed by atoms with Gasteiger partial charge in [-0.15, -0.1) is 0 Å². The number of carbonyl (C=O) groups excluding carboxylic acids is 2. The Morgan fingerprint density at radius 1 is 1.33 bits per heavy atom. The van der Waals surface area contributed by atoms with Gasteiger partial charge in [0, 0.05) is 13.1 Å². The van der Waals surface area contributed by atoms with Crippen molar-refractivity contribution in [1.29, 1.82) is 0 Å². The van der Waals surface area contributed by atoms with Crippen molar-refractivity contribution < 1.29 is 19.5 Å². The van der Waals surface area contributed by atoms with E-state index in [-0.39, 0.29) is 17.8 Å². The number of nitrogens with one attached hydrogen (secondary N) is 1. The van der Waals surface area contributed by atoms with Gasteiger partial charge in [-0.2, -0.15) is 0 Å². The number of aliphatic carboxylic acids is 1. The topological polar surface area (TPSA) is 177 Å². The zero-order valence-electron chi connectivity index (χ0n) is 16.1. The molecule has 1 aliphatic heterocycles. The zero-order chi connectivity index (χ0) is 20.6. The summed E-state index contributed by atoms with van der Waals surface area (Å²) in [5.41, 5.74) is 16.4. The lowest BCUT2D eigenvalue weighted by Gasteiger charge is -2.31. The molecule has 1 rings (SSSR count). The smallest absolute Gasteiger partial charge is 0.326 e. The number of carboxylic acid groups (broad SMARTS) is 1. The molecule has 27 heavy (non-hydrogen) atoms. The minimum atomic E-state index is -1.02. The number of nitrogens with zero attached hydrogens (tertiary/aromatic N) is 2. The molecule has 0 aromatic rings. The third-order valence-corrected chi connectivity index (χ3v) is 4.90. The van der Waals surface area contributed by atoms with Crippen LogP contribution in [0.3, 0.4) is 0 Å². The number of amides is 2. The van der Waals surface area contributed by atoms with Crippen LogP contribution in [0.15, 0.2) is 4.99 Å². The average molecular weight is 384 g/mol. The molecule has 0 spiro atoms. The van der Waals surface area contributed by atoms with Gasteiger partial charge in [0.05, 0.1) is 6.04 Å². The van der Waals surface area contributed by atoms with E-state index in [1.54, 1.807) is 0 Å². The third-order valence-electron chi connectivity index (χ3n) is 4.90. The number of carbonyl (C=O) groups is 3. The molecule has 4 atom stereocenters. The molecular formula is C17H32N6O4. The fourth-order valence-corrected chi connectivity index (χ4v) is 3.06. The van der Waals surface area contributed by atoms with Crippen LogP contribution in [-0.2, 0) is 14.4 Å². The molecule has 0 aromatic heterocycles. The van der Waals surface area contributed by atoms with Crippen molar-refractivity contribution >= 4 is 23.7 Å². The van der Waals surface area contributed by atoms with Crippen LogP contribution in [0, 0.1) is 5.92 Å². The van der Waals surface area contributed by atoms with E-state index in [9.17, 15) is 19.5 Å². The van der Waals surface area contributed by atoms with Crippen LogP contribution < -0.4 is 22.5 Å². The fourth-order valence-electron chi connectivity index (χ4n) is 3.06. The summed E-state index contributed by atoms with van der Waals surface area (Å²) in [6.45, 7) is 4.50. The SMILES string of the molecule is CC[C@@H](C)[C@H](NC(=O)[C@@H](N)CCCN=C(N)N)C(=O)N1CCC[C@H]1C(=O)O. The van der Waals surface area contributed by atoms with Gasteiger partial charge in [0.1, 0.15) is 12.1 Å². The number of hydrogen-bond acceptors (Lipinski definition) is 5. The summed E-state index contributed by atoms with van der Waals surface area (Å²) >= 11 is 0. The standard InChI is InChI=1S/C17H32N6O4/c1-3-10(2)13(15(25)23-9-5-7-12(23)16(26)27)22-14(24)11(18)6-4-8-21-17(19)20/h10-13H,3-9,18H2,1-2H3,(H,22,24)(H,26,27)(H4,19,20,21)/t10-,11+,12+,13+/m1/s1. The number of rotatable bonds is 10. The van der Waals surface area contributed by atoms with Crippen LogP contribution in [-0.4, -0.2) is 65.0 Å². The van der Waals surface area contributed by atoms with Crippen molar-refractivity contribution in [2.24, 2.45) is 28.1 Å². The lowest BCUT2D eigenvalue weighted by molar-refractivity contribution is -0.150. The van der Waals surface area contributed by atoms with Crippen LogP contribution in [0.2, 0.25) is 0 Å². The van der Waals surface area contributed by atoms with Crippen molar-refractivity contribution in [3.63, 3.8) is 0 Å². The molecule has 2 amide bonds. The minimum absolute atomic E-state index is 0.0194. The van der Waals surface area contributed by atoms with Crippen molar-refractivity contribution in [2.45, 2.75) is 64.1 Å². The Kier molecular flexibility index (Phi) is 8.99. The lowest BCUT2D eigenvalue weighted by Crippen LogP contribution is -2.56. The van der Waals surface area contributed by atoms with Crippen molar-refractivity contribution in [3.05, 3.63) is 0 Å². The molecule has 0 bridgehead atoms. The van der Waals surface area contributed by atoms with E-state index in [0.717, 1.165) is 0 Å². The maximum absolute atomic E-state index is 12.9. The van der Waals surface area contributed by atoms with E-state index in [1.807, 2.05) is 13.8 Å². The maximum Gasteiger partial charge on any atom is 0.326 e. The van der Waals surface area contributed by atoms with E-state index in [2.05, 4.69) is 10.3 Å². The van der Waals surface area contributed by atoms with Crippen LogP contribution in [0.4, 0.5) is 0 Å². The molecular weight excluding hydrogens is 352 g/mol. The number of aliphatic imine (C=N–C) groups is 1. The van der Waals surface area contributed by atoms with Crippen molar-refractivity contribution in [3.8, 4) is 0 Å². The molecule has 1 saturated heterocycles. The quantitative estimate of drug-likeness (QED) is 0.182. The normalized spacial score (nSPS) is 19.8. The summed E-state index contributed by atoms with van der Waals surface area (Å²) in [4.78, 5) is 41.9. The van der Waals surface area contributed by atoms with Gasteiger partial charge in [0.25, 0.3) is 0 Å². The molecule has 0 saturated carbocycles. The number of nitrogens with two attached hydrogens (primary N) is 3. The highest BCUT2D eigenvalue weighted by Gasteiger charge is 2.39. The highest BCUT2D eigenvalue weighted by Crippen LogP contribution is 2.21. The first-order chi connectivity index (χ1) is 12.7. The van der Waals surface area contributed by atoms with Gasteiger partial charge in [0.2, 0.25) is 11.8 Å². The van der Waals surface area contributed by atoms with Gasteiger partial charge >= 0.3 is 5.97 Å². The second-order valence-corrected chi connectivity index (χ2v) is 6.95. The largest absolute Gasteiger partial charge is 0.480 e. The predicted octanol–water partition coefficient (Wildman–Crippen LogP) is -1.03. The molecule has 1 heterocycles. The molecule has 0 aliphatic carbocycles. The summed E-state index contributed by atoms with van der Waals surface area (Å²) in [6, 6.07) is -2.44. The Morgan fingerprint density at radius 3 is 2.56 bits per heavy atom. The number of guanidine groups is 1. The molecule has 1 aliphatic rings. The van der Waals surface area contributed by atoms with Crippen LogP contribution >= 0.6 is 0 Å². The minimum Gasteiger partial charge on any atom is -0.480 e. The summed E-state index contributed by atoms with van der Waals surface area (Å²) in [7, 11) is 0. The van der Waals surface area contributed by atoms with Crippen molar-refractivity contribution in [1.82, 2.24) is 10.2 Å². The van der Waals surface area contributed by atoms with Gasteiger partial charge < -0.3 is 32.5 Å². The van der Waals surface area contributed by atoms with Gasteiger partial charge in [-0.05, 0) is 31.6 Å². The molecule has 0 unspecified atom stereocenters. The third kappa shape index (κ3) is 6.70. The van der Waals surface area contributed by atoms with E-state index in [1.165, 1.54) is 4.90 Å². The number of likely N-dealkylation sites (tertiary alicyclic amines) is 1. The first-order valence-corrected chi connectivity index (χ1v) is 9.33. The average Bonchev–Trinajstić information content (AvgIpc) is 3.11. The van der Waals surface area contributed by atoms with Crippen molar-refractivity contribution in [2.75, 3.05) is 13.1 Å². The van der Waals surface area contributed by atoms with Gasteiger partial charge in [0.15, 0.2) is 5.96 Å². The summed E-state index contributed by atoms with van der Waals surface area (Å²) in [5, 5.41) is 12.0. The fraction of sp³-hybridized carbons (Fsp3) is 0.765. The first kappa shape index (κ1) is 22.7. The van der Waals surface area contributed by atoms with E-state index in [4.69, 9.17) is 17.2 Å². The summed E-state index contributed by atoms with van der Waals surface area (Å²) in [6.07, 6.45) is 2.61. The molecule has 1 fully saturated rings. The Balaban J connectivity index is 2.73. The molecule has 8 N–H and O–H groups in total. The molecule has 0 radical (unpaired) electrons. The molecule has 154 valence electrons. The highest BCUT2D eigenvalue weighted by molar-refractivity contribution is 5.92. The Bertz CT molecular complexity index is 564. The van der Waals surface area contributed by atoms with E-state index >= 15 is 0 Å². The maximum atomic E-state index is 12.9.